The van der Waals surface area contributed by atoms with Gasteiger partial charge in [0.1, 0.15) is 11.4 Å². The second-order valence-electron chi connectivity index (χ2n) is 5.86. The van der Waals surface area contributed by atoms with E-state index in [1.165, 1.54) is 4.57 Å². The number of rotatable bonds is 6. The number of esters is 1. The fourth-order valence-electron chi connectivity index (χ4n) is 1.75. The van der Waals surface area contributed by atoms with Crippen molar-refractivity contribution >= 4 is 12.1 Å². The molecular weight excluding hydrogens is 286 g/mol. The van der Waals surface area contributed by atoms with Gasteiger partial charge in [-0.05, 0) is 34.6 Å². The zero-order chi connectivity index (χ0) is 16.8. The van der Waals surface area contributed by atoms with Gasteiger partial charge in [0.05, 0.1) is 18.7 Å². The van der Waals surface area contributed by atoms with Gasteiger partial charge in [0.15, 0.2) is 0 Å². The molecule has 1 aromatic heterocycles. The standard InChI is InChI=1S/C15H25N3O4/c1-6-21-13(19)7-8-16-9-12-10-18(11(2)17-12)14(20)22-15(3,4)5/h10,16H,6-9H2,1-5H3. The van der Waals surface area contributed by atoms with Gasteiger partial charge in [-0.25, -0.2) is 14.3 Å². The summed E-state index contributed by atoms with van der Waals surface area (Å²) < 4.78 is 11.5. The van der Waals surface area contributed by atoms with E-state index in [0.29, 0.717) is 37.6 Å². The molecule has 1 N–H and O–H groups in total. The van der Waals surface area contributed by atoms with E-state index in [-0.39, 0.29) is 5.97 Å². The van der Waals surface area contributed by atoms with Crippen molar-refractivity contribution in [2.45, 2.75) is 53.2 Å². The molecule has 1 aromatic rings. The fourth-order valence-corrected chi connectivity index (χ4v) is 1.75. The number of ether oxygens (including phenoxy) is 2. The van der Waals surface area contributed by atoms with Crippen molar-refractivity contribution in [2.24, 2.45) is 0 Å². The zero-order valence-corrected chi connectivity index (χ0v) is 13.9. The number of imidazole rings is 1. The van der Waals surface area contributed by atoms with E-state index in [2.05, 4.69) is 10.3 Å². The Kier molecular flexibility index (Phi) is 6.55. The summed E-state index contributed by atoms with van der Waals surface area (Å²) in [6.45, 7) is 10.3. The van der Waals surface area contributed by atoms with E-state index in [0.717, 1.165) is 0 Å². The molecule has 7 nitrogen and oxygen atoms in total. The maximum Gasteiger partial charge on any atom is 0.419 e. The van der Waals surface area contributed by atoms with E-state index in [4.69, 9.17) is 9.47 Å². The number of nitrogens with zero attached hydrogens (tertiary/aromatic N) is 2. The summed E-state index contributed by atoms with van der Waals surface area (Å²) in [4.78, 5) is 27.5. The molecule has 0 aliphatic rings. The third kappa shape index (κ3) is 6.26. The number of aryl methyl sites for hydroxylation is 1. The molecule has 7 heteroatoms. The molecule has 0 bridgehead atoms. The molecule has 0 aromatic carbocycles. The molecule has 0 radical (unpaired) electrons. The number of carbonyl (C=O) groups excluding carboxylic acids is 2. The summed E-state index contributed by atoms with van der Waals surface area (Å²) in [5, 5.41) is 3.09. The minimum absolute atomic E-state index is 0.231. The summed E-state index contributed by atoms with van der Waals surface area (Å²) in [5.41, 5.74) is 0.165. The molecule has 0 atom stereocenters. The van der Waals surface area contributed by atoms with Gasteiger partial charge in [-0.3, -0.25) is 4.79 Å². The van der Waals surface area contributed by atoms with Crippen molar-refractivity contribution in [3.05, 3.63) is 17.7 Å². The molecule has 124 valence electrons. The molecule has 1 rings (SSSR count). The van der Waals surface area contributed by atoms with E-state index < -0.39 is 11.7 Å². The van der Waals surface area contributed by atoms with Crippen LogP contribution in [-0.4, -0.2) is 40.4 Å². The van der Waals surface area contributed by atoms with E-state index in [9.17, 15) is 9.59 Å². The first-order chi connectivity index (χ1) is 10.2. The maximum absolute atomic E-state index is 12.0. The second kappa shape index (κ2) is 7.93. The van der Waals surface area contributed by atoms with Gasteiger partial charge >= 0.3 is 12.1 Å². The first-order valence-electron chi connectivity index (χ1n) is 7.37. The number of nitrogens with one attached hydrogen (secondary N) is 1. The van der Waals surface area contributed by atoms with Crippen LogP contribution in [0, 0.1) is 6.92 Å². The Hall–Kier alpha value is -1.89. The highest BCUT2D eigenvalue weighted by Crippen LogP contribution is 2.11. The molecule has 0 fully saturated rings. The summed E-state index contributed by atoms with van der Waals surface area (Å²) >= 11 is 0. The van der Waals surface area contributed by atoms with Gasteiger partial charge in [0.25, 0.3) is 0 Å². The minimum Gasteiger partial charge on any atom is -0.466 e. The normalized spacial score (nSPS) is 11.3. The Labute approximate surface area is 131 Å². The van der Waals surface area contributed by atoms with Crippen LogP contribution in [0.1, 0.15) is 45.6 Å². The van der Waals surface area contributed by atoms with Crippen molar-refractivity contribution in [3.63, 3.8) is 0 Å². The van der Waals surface area contributed by atoms with Crippen molar-refractivity contribution in [1.29, 1.82) is 0 Å². The quantitative estimate of drug-likeness (QED) is 0.639. The van der Waals surface area contributed by atoms with Gasteiger partial charge in [0, 0.05) is 19.3 Å². The molecule has 0 aliphatic carbocycles. The smallest absolute Gasteiger partial charge is 0.419 e. The predicted molar refractivity (Wildman–Crippen MR) is 81.6 cm³/mol. The van der Waals surface area contributed by atoms with Gasteiger partial charge in [-0.1, -0.05) is 0 Å². The summed E-state index contributed by atoms with van der Waals surface area (Å²) in [6.07, 6.45) is 1.50. The van der Waals surface area contributed by atoms with Crippen LogP contribution in [0.3, 0.4) is 0 Å². The highest BCUT2D eigenvalue weighted by Gasteiger charge is 2.19. The molecular formula is C15H25N3O4. The molecule has 22 heavy (non-hydrogen) atoms. The molecule has 0 amide bonds. The number of aromatic nitrogens is 2. The largest absolute Gasteiger partial charge is 0.466 e. The van der Waals surface area contributed by atoms with Crippen LogP contribution in [0.2, 0.25) is 0 Å². The summed E-state index contributed by atoms with van der Waals surface area (Å²) in [7, 11) is 0. The number of hydrogen-bond acceptors (Lipinski definition) is 6. The third-order valence-corrected chi connectivity index (χ3v) is 2.64. The molecule has 0 spiro atoms. The van der Waals surface area contributed by atoms with Crippen molar-refractivity contribution in [1.82, 2.24) is 14.9 Å². The molecule has 1 heterocycles. The first-order valence-corrected chi connectivity index (χ1v) is 7.37. The van der Waals surface area contributed by atoms with Crippen LogP contribution < -0.4 is 5.32 Å². The van der Waals surface area contributed by atoms with Crippen LogP contribution >= 0.6 is 0 Å². The maximum atomic E-state index is 12.0. The monoisotopic (exact) mass is 311 g/mol. The average Bonchev–Trinajstić information content (AvgIpc) is 2.74. The van der Waals surface area contributed by atoms with Gasteiger partial charge in [-0.15, -0.1) is 0 Å². The highest BCUT2D eigenvalue weighted by molar-refractivity contribution is 5.71. The lowest BCUT2D eigenvalue weighted by molar-refractivity contribution is -0.142. The van der Waals surface area contributed by atoms with Gasteiger partial charge in [-0.2, -0.15) is 0 Å². The predicted octanol–water partition coefficient (Wildman–Crippen LogP) is 2.02. The average molecular weight is 311 g/mol. The van der Waals surface area contributed by atoms with E-state index in [1.54, 1.807) is 20.0 Å². The van der Waals surface area contributed by atoms with Crippen molar-refractivity contribution in [2.75, 3.05) is 13.2 Å². The lowest BCUT2D eigenvalue weighted by Gasteiger charge is -2.19. The topological polar surface area (TPSA) is 82.5 Å². The molecule has 0 unspecified atom stereocenters. The fraction of sp³-hybridized carbons (Fsp3) is 0.667. The van der Waals surface area contributed by atoms with Crippen LogP contribution in [-0.2, 0) is 20.8 Å². The highest BCUT2D eigenvalue weighted by atomic mass is 16.6. The Morgan fingerprint density at radius 1 is 1.36 bits per heavy atom. The number of carbonyl (C=O) groups is 2. The van der Waals surface area contributed by atoms with Crippen LogP contribution in [0.5, 0.6) is 0 Å². The van der Waals surface area contributed by atoms with Crippen LogP contribution in [0.15, 0.2) is 6.20 Å². The second-order valence-corrected chi connectivity index (χ2v) is 5.86. The van der Waals surface area contributed by atoms with Crippen LogP contribution in [0.25, 0.3) is 0 Å². The Bertz CT molecular complexity index is 517. The Balaban J connectivity index is 2.49. The van der Waals surface area contributed by atoms with Gasteiger partial charge in [0.2, 0.25) is 0 Å². The van der Waals surface area contributed by atoms with E-state index >= 15 is 0 Å². The minimum atomic E-state index is -0.550. The third-order valence-electron chi connectivity index (χ3n) is 2.64. The van der Waals surface area contributed by atoms with Crippen molar-refractivity contribution < 1.29 is 19.1 Å². The SMILES string of the molecule is CCOC(=O)CCNCc1cn(C(=O)OC(C)(C)C)c(C)n1. The lowest BCUT2D eigenvalue weighted by atomic mass is 10.2. The summed E-state index contributed by atoms with van der Waals surface area (Å²) in [6, 6.07) is 0. The Morgan fingerprint density at radius 3 is 2.64 bits per heavy atom. The van der Waals surface area contributed by atoms with Gasteiger partial charge < -0.3 is 14.8 Å². The summed E-state index contributed by atoms with van der Waals surface area (Å²) in [5.74, 6) is 0.335. The molecule has 0 saturated heterocycles. The molecule has 0 saturated carbocycles. The first kappa shape index (κ1) is 18.2. The Morgan fingerprint density at radius 2 is 2.05 bits per heavy atom. The lowest BCUT2D eigenvalue weighted by Crippen LogP contribution is -2.27. The van der Waals surface area contributed by atoms with Crippen LogP contribution in [0.4, 0.5) is 4.79 Å². The number of hydrogen-bond donors (Lipinski definition) is 1. The van der Waals surface area contributed by atoms with E-state index in [1.807, 2.05) is 20.8 Å². The molecule has 0 aliphatic heterocycles. The van der Waals surface area contributed by atoms with Crippen molar-refractivity contribution in [3.8, 4) is 0 Å². The zero-order valence-electron chi connectivity index (χ0n) is 13.9.